The van der Waals surface area contributed by atoms with Crippen LogP contribution >= 0.6 is 0 Å². The predicted octanol–water partition coefficient (Wildman–Crippen LogP) is 6.04. The van der Waals surface area contributed by atoms with Gasteiger partial charge in [-0.3, -0.25) is 0 Å². The van der Waals surface area contributed by atoms with Crippen molar-refractivity contribution in [3.8, 4) is 0 Å². The Morgan fingerprint density at radius 2 is 0.964 bits per heavy atom. The molecule has 8 heteroatoms. The van der Waals surface area contributed by atoms with Gasteiger partial charge in [-0.2, -0.15) is 26.3 Å². The molecule has 2 nitrogen and oxygen atoms in total. The Morgan fingerprint density at radius 1 is 0.607 bits per heavy atom. The van der Waals surface area contributed by atoms with E-state index >= 15 is 0 Å². The monoisotopic (exact) mass is 404 g/mol. The highest BCUT2D eigenvalue weighted by Gasteiger charge is 2.26. The molecule has 3 rings (SSSR count). The summed E-state index contributed by atoms with van der Waals surface area (Å²) >= 11 is 0. The minimum absolute atomic E-state index is 0.134. The molecule has 28 heavy (non-hydrogen) atoms. The molecule has 0 atom stereocenters. The first-order valence-corrected chi connectivity index (χ1v) is 9.32. The molecular weight excluding hydrogens is 382 g/mol. The first-order valence-electron chi connectivity index (χ1n) is 9.32. The SMILES string of the molecule is FC(F)(F)/C=C/c1cc(/C=C/C(F)(F)F)c(N2CCCC2)cc1N1CCCC1. The molecule has 0 aliphatic carbocycles. The minimum atomic E-state index is -4.49. The largest absolute Gasteiger partial charge is 0.409 e. The lowest BCUT2D eigenvalue weighted by molar-refractivity contribution is -0.0800. The molecule has 154 valence electrons. The first kappa shape index (κ1) is 20.6. The summed E-state index contributed by atoms with van der Waals surface area (Å²) in [7, 11) is 0. The van der Waals surface area contributed by atoms with Crippen LogP contribution in [0.15, 0.2) is 24.3 Å². The fourth-order valence-electron chi connectivity index (χ4n) is 3.71. The maximum atomic E-state index is 12.7. The number of hydrogen-bond donors (Lipinski definition) is 0. The molecule has 2 fully saturated rings. The third-order valence-electron chi connectivity index (χ3n) is 4.97. The van der Waals surface area contributed by atoms with Crippen molar-refractivity contribution in [1.82, 2.24) is 0 Å². The Labute approximate surface area is 160 Å². The van der Waals surface area contributed by atoms with Crippen LogP contribution in [0.3, 0.4) is 0 Å². The number of halogens is 6. The van der Waals surface area contributed by atoms with Crippen molar-refractivity contribution in [3.63, 3.8) is 0 Å². The highest BCUT2D eigenvalue weighted by molar-refractivity contribution is 5.80. The maximum Gasteiger partial charge on any atom is 0.409 e. The van der Waals surface area contributed by atoms with Crippen molar-refractivity contribution in [2.75, 3.05) is 36.0 Å². The smallest absolute Gasteiger partial charge is 0.371 e. The summed E-state index contributed by atoms with van der Waals surface area (Å²) in [6.45, 7) is 2.90. The molecule has 2 aliphatic heterocycles. The van der Waals surface area contributed by atoms with Gasteiger partial charge < -0.3 is 9.80 Å². The second-order valence-electron chi connectivity index (χ2n) is 7.11. The molecule has 0 spiro atoms. The van der Waals surface area contributed by atoms with E-state index in [9.17, 15) is 26.3 Å². The van der Waals surface area contributed by atoms with Crippen LogP contribution < -0.4 is 9.80 Å². The molecule has 2 saturated heterocycles. The summed E-state index contributed by atoms with van der Waals surface area (Å²) in [6.07, 6.45) is -3.04. The third kappa shape index (κ3) is 5.45. The average Bonchev–Trinajstić information content (AvgIpc) is 3.30. The lowest BCUT2D eigenvalue weighted by Crippen LogP contribution is -2.22. The Morgan fingerprint density at radius 3 is 1.29 bits per heavy atom. The zero-order chi connectivity index (χ0) is 20.4. The van der Waals surface area contributed by atoms with Crippen LogP contribution in [0.1, 0.15) is 36.8 Å². The fraction of sp³-hybridized carbons (Fsp3) is 0.500. The maximum absolute atomic E-state index is 12.7. The Balaban J connectivity index is 2.10. The predicted molar refractivity (Wildman–Crippen MR) is 99.5 cm³/mol. The zero-order valence-electron chi connectivity index (χ0n) is 15.3. The quantitative estimate of drug-likeness (QED) is 0.565. The standard InChI is InChI=1S/C20H22F6N2/c21-19(22,23)7-5-15-13-16(6-8-20(24,25)26)18(28-11-3-4-12-28)14-17(15)27-9-1-2-10-27/h5-8,13-14H,1-4,9-12H2/b7-5+,8-6+. The van der Waals surface area contributed by atoms with Gasteiger partial charge in [-0.05, 0) is 61.1 Å². The van der Waals surface area contributed by atoms with E-state index in [0.29, 0.717) is 11.4 Å². The molecule has 0 N–H and O–H groups in total. The Bertz CT molecular complexity index is 677. The third-order valence-corrected chi connectivity index (χ3v) is 4.97. The van der Waals surface area contributed by atoms with Crippen molar-refractivity contribution < 1.29 is 26.3 Å². The van der Waals surface area contributed by atoms with Crippen molar-refractivity contribution in [2.45, 2.75) is 38.0 Å². The molecule has 1 aromatic rings. The van der Waals surface area contributed by atoms with E-state index in [4.69, 9.17) is 0 Å². The second-order valence-corrected chi connectivity index (χ2v) is 7.11. The van der Waals surface area contributed by atoms with Crippen molar-refractivity contribution in [1.29, 1.82) is 0 Å². The first-order chi connectivity index (χ1) is 13.1. The van der Waals surface area contributed by atoms with Crippen LogP contribution in [-0.2, 0) is 0 Å². The van der Waals surface area contributed by atoms with Crippen LogP contribution in [-0.4, -0.2) is 38.5 Å². The molecule has 0 bridgehead atoms. The molecule has 2 heterocycles. The van der Waals surface area contributed by atoms with E-state index in [2.05, 4.69) is 0 Å². The molecule has 1 aromatic carbocycles. The number of rotatable bonds is 4. The molecule has 0 saturated carbocycles. The summed E-state index contributed by atoms with van der Waals surface area (Å²) < 4.78 is 76.3. The molecular formula is C20H22F6N2. The molecule has 0 amide bonds. The molecule has 0 aromatic heterocycles. The van der Waals surface area contributed by atoms with E-state index in [0.717, 1.165) is 64.0 Å². The van der Waals surface area contributed by atoms with E-state index < -0.39 is 12.4 Å². The highest BCUT2D eigenvalue weighted by atomic mass is 19.4. The van der Waals surface area contributed by atoms with Gasteiger partial charge in [0.25, 0.3) is 0 Å². The summed E-state index contributed by atoms with van der Waals surface area (Å²) in [5.74, 6) is 0. The number of anilines is 2. The Kier molecular flexibility index (Phi) is 5.95. The van der Waals surface area contributed by atoms with Crippen molar-refractivity contribution in [2.24, 2.45) is 0 Å². The lowest BCUT2D eigenvalue weighted by atomic mass is 10.0. The van der Waals surface area contributed by atoms with Crippen LogP contribution in [0.25, 0.3) is 12.2 Å². The van der Waals surface area contributed by atoms with Crippen LogP contribution in [0.5, 0.6) is 0 Å². The van der Waals surface area contributed by atoms with Gasteiger partial charge in [0.15, 0.2) is 0 Å². The molecule has 0 unspecified atom stereocenters. The summed E-state index contributed by atoms with van der Waals surface area (Å²) in [6, 6.07) is 3.19. The van der Waals surface area contributed by atoms with E-state index in [1.165, 1.54) is 6.07 Å². The zero-order valence-corrected chi connectivity index (χ0v) is 15.3. The topological polar surface area (TPSA) is 6.48 Å². The number of benzene rings is 1. The van der Waals surface area contributed by atoms with Crippen molar-refractivity contribution >= 4 is 23.5 Å². The van der Waals surface area contributed by atoms with Gasteiger partial charge in [0.05, 0.1) is 0 Å². The van der Waals surface area contributed by atoms with E-state index in [1.807, 2.05) is 9.80 Å². The second kappa shape index (κ2) is 8.09. The number of hydrogen-bond acceptors (Lipinski definition) is 2. The van der Waals surface area contributed by atoms with Gasteiger partial charge in [-0.25, -0.2) is 0 Å². The fourth-order valence-corrected chi connectivity index (χ4v) is 3.71. The van der Waals surface area contributed by atoms with Gasteiger partial charge in [0.2, 0.25) is 0 Å². The van der Waals surface area contributed by atoms with E-state index in [1.54, 1.807) is 6.07 Å². The summed E-state index contributed by atoms with van der Waals surface area (Å²) in [4.78, 5) is 4.01. The van der Waals surface area contributed by atoms with Gasteiger partial charge in [-0.1, -0.05) is 0 Å². The van der Waals surface area contributed by atoms with Gasteiger partial charge in [0, 0.05) is 49.7 Å². The average molecular weight is 404 g/mol. The normalized spacial score (nSPS) is 18.9. The van der Waals surface area contributed by atoms with Crippen LogP contribution in [0, 0.1) is 0 Å². The van der Waals surface area contributed by atoms with E-state index in [-0.39, 0.29) is 23.3 Å². The number of nitrogens with zero attached hydrogens (tertiary/aromatic N) is 2. The van der Waals surface area contributed by atoms with Crippen LogP contribution in [0.4, 0.5) is 37.7 Å². The highest BCUT2D eigenvalue weighted by Crippen LogP contribution is 2.37. The molecule has 0 radical (unpaired) electrons. The van der Waals surface area contributed by atoms with Gasteiger partial charge in [0.1, 0.15) is 0 Å². The number of allylic oxidation sites excluding steroid dienone is 2. The van der Waals surface area contributed by atoms with Gasteiger partial charge in [-0.15, -0.1) is 0 Å². The van der Waals surface area contributed by atoms with Crippen LogP contribution in [0.2, 0.25) is 0 Å². The minimum Gasteiger partial charge on any atom is -0.371 e. The van der Waals surface area contributed by atoms with Crippen molar-refractivity contribution in [3.05, 3.63) is 35.4 Å². The summed E-state index contributed by atoms with van der Waals surface area (Å²) in [5.41, 5.74) is 1.85. The summed E-state index contributed by atoms with van der Waals surface area (Å²) in [5, 5.41) is 0. The Hall–Kier alpha value is -2.12. The number of alkyl halides is 6. The molecule has 2 aliphatic rings. The van der Waals surface area contributed by atoms with Gasteiger partial charge >= 0.3 is 12.4 Å². The lowest BCUT2D eigenvalue weighted by Gasteiger charge is -2.27.